The number of hydrogen-bond donors (Lipinski definition) is 1. The minimum Gasteiger partial charge on any atom is -0.496 e. The van der Waals surface area contributed by atoms with E-state index in [1.807, 2.05) is 0 Å². The number of nitriles is 1. The largest absolute Gasteiger partial charge is 0.496 e. The summed E-state index contributed by atoms with van der Waals surface area (Å²) >= 11 is 0. The highest BCUT2D eigenvalue weighted by Gasteiger charge is 2.25. The topological polar surface area (TPSA) is 67.0 Å². The van der Waals surface area contributed by atoms with Crippen LogP contribution in [0.4, 0.5) is 4.39 Å². The quantitative estimate of drug-likeness (QED) is 0.807. The number of benzene rings is 2. The fourth-order valence-corrected chi connectivity index (χ4v) is 3.32. The van der Waals surface area contributed by atoms with Crippen molar-refractivity contribution in [2.75, 3.05) is 39.9 Å². The summed E-state index contributed by atoms with van der Waals surface area (Å²) in [5.74, 6) is 0.715. The molecule has 7 heteroatoms. The third-order valence-electron chi connectivity index (χ3n) is 4.86. The maximum atomic E-state index is 13.5. The highest BCUT2D eigenvalue weighted by atomic mass is 19.1. The van der Waals surface area contributed by atoms with Crippen LogP contribution in [-0.4, -0.2) is 50.7 Å². The second-order valence-electron chi connectivity index (χ2n) is 6.66. The molecule has 1 heterocycles. The number of rotatable bonds is 6. The number of para-hydroxylation sites is 1. The van der Waals surface area contributed by atoms with Crippen LogP contribution in [0.3, 0.4) is 0 Å². The normalized spacial score (nSPS) is 14.4. The average Bonchev–Trinajstić information content (AvgIpc) is 2.73. The smallest absolute Gasteiger partial charge is 0.260 e. The summed E-state index contributed by atoms with van der Waals surface area (Å²) in [4.78, 5) is 15.5. The van der Waals surface area contributed by atoms with Crippen molar-refractivity contribution in [1.82, 2.24) is 4.90 Å². The van der Waals surface area contributed by atoms with Gasteiger partial charge < -0.3 is 19.3 Å². The molecule has 28 heavy (non-hydrogen) atoms. The van der Waals surface area contributed by atoms with Crippen molar-refractivity contribution < 1.29 is 23.6 Å². The van der Waals surface area contributed by atoms with Crippen molar-refractivity contribution >= 4 is 5.91 Å². The molecule has 0 radical (unpaired) electrons. The molecule has 0 spiro atoms. The monoisotopic (exact) mass is 384 g/mol. The van der Waals surface area contributed by atoms with Gasteiger partial charge in [-0.15, -0.1) is 0 Å². The predicted molar refractivity (Wildman–Crippen MR) is 101 cm³/mol. The third-order valence-corrected chi connectivity index (χ3v) is 4.86. The van der Waals surface area contributed by atoms with Crippen molar-refractivity contribution in [3.05, 3.63) is 59.4 Å². The number of carbonyl (C=O) groups is 1. The number of carbonyl (C=O) groups excluding carboxylic acids is 1. The van der Waals surface area contributed by atoms with Crippen molar-refractivity contribution in [1.29, 1.82) is 5.26 Å². The molecule has 2 aromatic carbocycles. The van der Waals surface area contributed by atoms with E-state index >= 15 is 0 Å². The van der Waals surface area contributed by atoms with Gasteiger partial charge in [0.2, 0.25) is 0 Å². The summed E-state index contributed by atoms with van der Waals surface area (Å²) in [6.45, 7) is 3.30. The Kier molecular flexibility index (Phi) is 6.45. The van der Waals surface area contributed by atoms with Gasteiger partial charge >= 0.3 is 0 Å². The minimum absolute atomic E-state index is 0.0915. The standard InChI is InChI=1S/C21H22FN3O3/c1-27-19-7-6-18(22)12-17(19)14-24-8-10-25(11-9-24)21(26)15-28-20-5-3-2-4-16(20)13-23/h2-7,12H,8-11,14-15H2,1H3/p+1. The zero-order valence-electron chi connectivity index (χ0n) is 15.8. The molecule has 3 rings (SSSR count). The first-order valence-corrected chi connectivity index (χ1v) is 9.16. The number of quaternary nitrogens is 1. The molecule has 1 N–H and O–H groups in total. The Bertz CT molecular complexity index is 873. The molecular weight excluding hydrogens is 361 g/mol. The molecule has 1 amide bonds. The molecule has 0 atom stereocenters. The first kappa shape index (κ1) is 19.6. The van der Waals surface area contributed by atoms with Crippen LogP contribution in [0.25, 0.3) is 0 Å². The van der Waals surface area contributed by atoms with E-state index in [-0.39, 0.29) is 18.3 Å². The molecule has 0 bridgehead atoms. The second kappa shape index (κ2) is 9.20. The van der Waals surface area contributed by atoms with Crippen LogP contribution in [0.1, 0.15) is 11.1 Å². The molecular formula is C21H23FN3O3+. The Morgan fingerprint density at radius 2 is 1.96 bits per heavy atom. The zero-order chi connectivity index (χ0) is 19.9. The Morgan fingerprint density at radius 1 is 1.21 bits per heavy atom. The van der Waals surface area contributed by atoms with E-state index in [1.54, 1.807) is 42.3 Å². The van der Waals surface area contributed by atoms with Crippen LogP contribution in [0.15, 0.2) is 42.5 Å². The van der Waals surface area contributed by atoms with Gasteiger partial charge in [-0.25, -0.2) is 4.39 Å². The van der Waals surface area contributed by atoms with E-state index in [0.29, 0.717) is 36.7 Å². The predicted octanol–water partition coefficient (Wildman–Crippen LogP) is 1.01. The van der Waals surface area contributed by atoms with Crippen molar-refractivity contribution in [2.45, 2.75) is 6.54 Å². The lowest BCUT2D eigenvalue weighted by molar-refractivity contribution is -0.917. The number of methoxy groups -OCH3 is 1. The summed E-state index contributed by atoms with van der Waals surface area (Å²) in [7, 11) is 1.58. The summed E-state index contributed by atoms with van der Waals surface area (Å²) in [6, 6.07) is 13.4. The number of halogens is 1. The average molecular weight is 384 g/mol. The van der Waals surface area contributed by atoms with Gasteiger partial charge in [0.15, 0.2) is 6.61 Å². The molecule has 1 aliphatic heterocycles. The zero-order valence-corrected chi connectivity index (χ0v) is 15.8. The molecule has 0 aromatic heterocycles. The maximum absolute atomic E-state index is 13.5. The number of ether oxygens (including phenoxy) is 2. The van der Waals surface area contributed by atoms with Gasteiger partial charge in [-0.05, 0) is 30.3 Å². The van der Waals surface area contributed by atoms with Crippen LogP contribution in [-0.2, 0) is 11.3 Å². The molecule has 0 unspecified atom stereocenters. The van der Waals surface area contributed by atoms with E-state index in [1.165, 1.54) is 17.0 Å². The first-order valence-electron chi connectivity index (χ1n) is 9.16. The summed E-state index contributed by atoms with van der Waals surface area (Å²) < 4.78 is 24.4. The van der Waals surface area contributed by atoms with Gasteiger partial charge in [0, 0.05) is 0 Å². The number of amides is 1. The molecule has 1 fully saturated rings. The lowest BCUT2D eigenvalue weighted by Crippen LogP contribution is -3.13. The lowest BCUT2D eigenvalue weighted by atomic mass is 10.1. The Balaban J connectivity index is 1.50. The van der Waals surface area contributed by atoms with Gasteiger partial charge in [0.1, 0.15) is 29.9 Å². The Morgan fingerprint density at radius 3 is 2.68 bits per heavy atom. The molecule has 6 nitrogen and oxygen atoms in total. The Labute approximate surface area is 163 Å². The summed E-state index contributed by atoms with van der Waals surface area (Å²) in [6.07, 6.45) is 0. The third kappa shape index (κ3) is 4.78. The molecule has 1 saturated heterocycles. The maximum Gasteiger partial charge on any atom is 0.260 e. The first-order chi connectivity index (χ1) is 13.6. The summed E-state index contributed by atoms with van der Waals surface area (Å²) in [5.41, 5.74) is 1.24. The van der Waals surface area contributed by atoms with Crippen molar-refractivity contribution in [3.8, 4) is 17.6 Å². The van der Waals surface area contributed by atoms with E-state index in [4.69, 9.17) is 14.7 Å². The van der Waals surface area contributed by atoms with Crippen LogP contribution in [0.5, 0.6) is 11.5 Å². The summed E-state index contributed by atoms with van der Waals surface area (Å²) in [5, 5.41) is 9.08. The number of nitrogens with one attached hydrogen (secondary N) is 1. The van der Waals surface area contributed by atoms with Crippen LogP contribution < -0.4 is 14.4 Å². The van der Waals surface area contributed by atoms with Gasteiger partial charge in [-0.3, -0.25) is 4.79 Å². The van der Waals surface area contributed by atoms with Crippen LogP contribution in [0.2, 0.25) is 0 Å². The number of hydrogen-bond acceptors (Lipinski definition) is 4. The lowest BCUT2D eigenvalue weighted by Gasteiger charge is -2.32. The SMILES string of the molecule is COc1ccc(F)cc1C[NH+]1CCN(C(=O)COc2ccccc2C#N)CC1. The molecule has 0 saturated carbocycles. The number of piperazine rings is 1. The fraction of sp³-hybridized carbons (Fsp3) is 0.333. The molecule has 146 valence electrons. The molecule has 2 aromatic rings. The molecule has 0 aliphatic carbocycles. The van der Waals surface area contributed by atoms with Gasteiger partial charge in [0.05, 0.1) is 44.4 Å². The minimum atomic E-state index is -0.279. The van der Waals surface area contributed by atoms with Crippen molar-refractivity contribution in [2.24, 2.45) is 0 Å². The van der Waals surface area contributed by atoms with Crippen LogP contribution >= 0.6 is 0 Å². The Hall–Kier alpha value is -3.11. The van der Waals surface area contributed by atoms with Crippen LogP contribution in [0, 0.1) is 17.1 Å². The van der Waals surface area contributed by atoms with Crippen molar-refractivity contribution in [3.63, 3.8) is 0 Å². The molecule has 1 aliphatic rings. The van der Waals surface area contributed by atoms with Gasteiger partial charge in [-0.1, -0.05) is 12.1 Å². The van der Waals surface area contributed by atoms with E-state index in [9.17, 15) is 9.18 Å². The van der Waals surface area contributed by atoms with E-state index < -0.39 is 0 Å². The highest BCUT2D eigenvalue weighted by Crippen LogP contribution is 2.18. The highest BCUT2D eigenvalue weighted by molar-refractivity contribution is 5.77. The van der Waals surface area contributed by atoms with E-state index in [0.717, 1.165) is 18.7 Å². The number of nitrogens with zero attached hydrogens (tertiary/aromatic N) is 2. The van der Waals surface area contributed by atoms with Gasteiger partial charge in [0.25, 0.3) is 5.91 Å². The van der Waals surface area contributed by atoms with E-state index in [2.05, 4.69) is 6.07 Å². The van der Waals surface area contributed by atoms with Gasteiger partial charge in [-0.2, -0.15) is 5.26 Å². The fourth-order valence-electron chi connectivity index (χ4n) is 3.32. The second-order valence-corrected chi connectivity index (χ2v) is 6.66.